The van der Waals surface area contributed by atoms with Gasteiger partial charge in [-0.15, -0.1) is 11.3 Å². The Balaban J connectivity index is 2.45. The second-order valence-corrected chi connectivity index (χ2v) is 10.8. The molecule has 2 aromatic rings. The van der Waals surface area contributed by atoms with Crippen LogP contribution in [0.25, 0.3) is 0 Å². The maximum Gasteiger partial charge on any atom is 0.271 e. The number of benzene rings is 1. The standard InChI is InChI=1S/C16H23N3O4S3/c1-4-5-10-17-14-9-8-13(26(22,23)19(2)3)12-15(14)18-25(20,21)16-7-6-11-24-16/h6-9,11-12,17-18H,4-5,10H2,1-3H3. The maximum absolute atomic E-state index is 12.6. The average Bonchev–Trinajstić information content (AvgIpc) is 3.11. The third-order valence-corrected chi connectivity index (χ3v) is 8.19. The lowest BCUT2D eigenvalue weighted by atomic mass is 10.2. The number of nitrogens with one attached hydrogen (secondary N) is 2. The molecule has 2 N–H and O–H groups in total. The van der Waals surface area contributed by atoms with E-state index < -0.39 is 20.0 Å². The molecule has 0 spiro atoms. The van der Waals surface area contributed by atoms with Crippen molar-refractivity contribution in [3.63, 3.8) is 0 Å². The van der Waals surface area contributed by atoms with E-state index in [9.17, 15) is 16.8 Å². The number of hydrogen-bond donors (Lipinski definition) is 2. The number of anilines is 2. The van der Waals surface area contributed by atoms with Crippen molar-refractivity contribution in [2.24, 2.45) is 0 Å². The Morgan fingerprint density at radius 1 is 1.08 bits per heavy atom. The van der Waals surface area contributed by atoms with Gasteiger partial charge in [-0.25, -0.2) is 21.1 Å². The van der Waals surface area contributed by atoms with Gasteiger partial charge in [0.25, 0.3) is 10.0 Å². The molecule has 7 nitrogen and oxygen atoms in total. The van der Waals surface area contributed by atoms with Gasteiger partial charge in [0, 0.05) is 20.6 Å². The molecule has 0 saturated heterocycles. The number of sulfonamides is 2. The second-order valence-electron chi connectivity index (χ2n) is 5.81. The molecule has 0 radical (unpaired) electrons. The number of unbranched alkanes of at least 4 members (excludes halogenated alkanes) is 1. The summed E-state index contributed by atoms with van der Waals surface area (Å²) in [6.07, 6.45) is 1.89. The number of hydrogen-bond acceptors (Lipinski definition) is 6. The Labute approximate surface area is 159 Å². The molecule has 1 aromatic carbocycles. The summed E-state index contributed by atoms with van der Waals surface area (Å²) in [5.74, 6) is 0. The van der Waals surface area contributed by atoms with Gasteiger partial charge >= 0.3 is 0 Å². The molecule has 1 aromatic heterocycles. The highest BCUT2D eigenvalue weighted by Crippen LogP contribution is 2.30. The van der Waals surface area contributed by atoms with Crippen LogP contribution in [0.4, 0.5) is 11.4 Å². The normalized spacial score (nSPS) is 12.3. The van der Waals surface area contributed by atoms with Crippen molar-refractivity contribution in [1.82, 2.24) is 4.31 Å². The van der Waals surface area contributed by atoms with Crippen LogP contribution in [-0.4, -0.2) is 41.8 Å². The van der Waals surface area contributed by atoms with Crippen LogP contribution in [0, 0.1) is 0 Å². The maximum atomic E-state index is 12.6. The molecular weight excluding hydrogens is 394 g/mol. The lowest BCUT2D eigenvalue weighted by Crippen LogP contribution is -2.22. The first-order valence-electron chi connectivity index (χ1n) is 8.05. The van der Waals surface area contributed by atoms with Crippen LogP contribution in [0.5, 0.6) is 0 Å². The van der Waals surface area contributed by atoms with Crippen molar-refractivity contribution in [3.8, 4) is 0 Å². The van der Waals surface area contributed by atoms with E-state index >= 15 is 0 Å². The fraction of sp³-hybridized carbons (Fsp3) is 0.375. The smallest absolute Gasteiger partial charge is 0.271 e. The zero-order valence-corrected chi connectivity index (χ0v) is 17.3. The molecule has 0 unspecified atom stereocenters. The van der Waals surface area contributed by atoms with Crippen molar-refractivity contribution in [3.05, 3.63) is 35.7 Å². The second kappa shape index (κ2) is 8.38. The largest absolute Gasteiger partial charge is 0.383 e. The molecule has 0 aliphatic heterocycles. The molecule has 0 atom stereocenters. The van der Waals surface area contributed by atoms with E-state index in [1.165, 1.54) is 32.3 Å². The number of rotatable bonds is 9. The van der Waals surface area contributed by atoms with Crippen molar-refractivity contribution in [2.75, 3.05) is 30.7 Å². The van der Waals surface area contributed by atoms with Crippen LogP contribution in [0.3, 0.4) is 0 Å². The van der Waals surface area contributed by atoms with Gasteiger partial charge in [-0.05, 0) is 36.1 Å². The van der Waals surface area contributed by atoms with Gasteiger partial charge in [0.2, 0.25) is 10.0 Å². The molecule has 10 heteroatoms. The zero-order chi connectivity index (χ0) is 19.4. The molecule has 0 bridgehead atoms. The van der Waals surface area contributed by atoms with Crippen LogP contribution in [0.15, 0.2) is 44.8 Å². The first kappa shape index (κ1) is 20.7. The minimum atomic E-state index is -3.79. The minimum Gasteiger partial charge on any atom is -0.383 e. The number of thiophene rings is 1. The van der Waals surface area contributed by atoms with Crippen LogP contribution < -0.4 is 10.0 Å². The third-order valence-electron chi connectivity index (χ3n) is 3.62. The highest BCUT2D eigenvalue weighted by Gasteiger charge is 2.22. The monoisotopic (exact) mass is 417 g/mol. The molecule has 0 amide bonds. The molecule has 0 aliphatic rings. The Hall–Kier alpha value is -1.62. The van der Waals surface area contributed by atoms with E-state index in [1.54, 1.807) is 17.5 Å². The van der Waals surface area contributed by atoms with Gasteiger partial charge in [0.15, 0.2) is 0 Å². The van der Waals surface area contributed by atoms with Crippen molar-refractivity contribution >= 4 is 42.8 Å². The van der Waals surface area contributed by atoms with E-state index in [0.717, 1.165) is 28.5 Å². The van der Waals surface area contributed by atoms with E-state index in [2.05, 4.69) is 17.0 Å². The SMILES string of the molecule is CCCCNc1ccc(S(=O)(=O)N(C)C)cc1NS(=O)(=O)c1cccs1. The van der Waals surface area contributed by atoms with E-state index in [-0.39, 0.29) is 14.8 Å². The predicted molar refractivity (Wildman–Crippen MR) is 106 cm³/mol. The Morgan fingerprint density at radius 2 is 1.81 bits per heavy atom. The Kier molecular flexibility index (Phi) is 6.67. The van der Waals surface area contributed by atoms with Crippen LogP contribution in [0.1, 0.15) is 19.8 Å². The lowest BCUT2D eigenvalue weighted by molar-refractivity contribution is 0.521. The summed E-state index contributed by atoms with van der Waals surface area (Å²) < 4.78 is 53.6. The average molecular weight is 418 g/mol. The van der Waals surface area contributed by atoms with Gasteiger partial charge < -0.3 is 5.32 Å². The zero-order valence-electron chi connectivity index (χ0n) is 14.9. The summed E-state index contributed by atoms with van der Waals surface area (Å²) in [7, 11) is -4.61. The first-order chi connectivity index (χ1) is 12.2. The van der Waals surface area contributed by atoms with Crippen molar-refractivity contribution in [2.45, 2.75) is 28.9 Å². The summed E-state index contributed by atoms with van der Waals surface area (Å²) in [4.78, 5) is 0.0208. The molecule has 26 heavy (non-hydrogen) atoms. The van der Waals surface area contributed by atoms with Crippen LogP contribution >= 0.6 is 11.3 Å². The van der Waals surface area contributed by atoms with Gasteiger partial charge in [-0.3, -0.25) is 4.72 Å². The van der Waals surface area contributed by atoms with E-state index in [0.29, 0.717) is 12.2 Å². The fourth-order valence-corrected chi connectivity index (χ4v) is 5.14. The summed E-state index contributed by atoms with van der Waals surface area (Å²) >= 11 is 1.09. The Bertz CT molecular complexity index is 937. The number of nitrogens with zero attached hydrogens (tertiary/aromatic N) is 1. The molecular formula is C16H23N3O4S3. The molecule has 144 valence electrons. The summed E-state index contributed by atoms with van der Waals surface area (Å²) in [5.41, 5.74) is 0.744. The van der Waals surface area contributed by atoms with Gasteiger partial charge in [-0.1, -0.05) is 19.4 Å². The molecule has 2 rings (SSSR count). The highest BCUT2D eigenvalue weighted by molar-refractivity contribution is 7.94. The van der Waals surface area contributed by atoms with Gasteiger partial charge in [-0.2, -0.15) is 0 Å². The molecule has 0 fully saturated rings. The van der Waals surface area contributed by atoms with Gasteiger partial charge in [0.05, 0.1) is 16.3 Å². The van der Waals surface area contributed by atoms with Crippen molar-refractivity contribution < 1.29 is 16.8 Å². The summed E-state index contributed by atoms with van der Waals surface area (Å²) in [6.45, 7) is 2.71. The molecule has 0 aliphatic carbocycles. The lowest BCUT2D eigenvalue weighted by Gasteiger charge is -2.17. The molecule has 0 saturated carbocycles. The third kappa shape index (κ3) is 4.76. The summed E-state index contributed by atoms with van der Waals surface area (Å²) in [6, 6.07) is 7.53. The van der Waals surface area contributed by atoms with E-state index in [4.69, 9.17) is 0 Å². The predicted octanol–water partition coefficient (Wildman–Crippen LogP) is 3.01. The quantitative estimate of drug-likeness (QED) is 0.612. The summed E-state index contributed by atoms with van der Waals surface area (Å²) in [5, 5.41) is 4.83. The van der Waals surface area contributed by atoms with Crippen molar-refractivity contribution in [1.29, 1.82) is 0 Å². The Morgan fingerprint density at radius 3 is 2.38 bits per heavy atom. The minimum absolute atomic E-state index is 0.0208. The van der Waals surface area contributed by atoms with Crippen LogP contribution in [-0.2, 0) is 20.0 Å². The first-order valence-corrected chi connectivity index (χ1v) is 11.9. The topological polar surface area (TPSA) is 95.6 Å². The highest BCUT2D eigenvalue weighted by atomic mass is 32.2. The molecule has 1 heterocycles. The van der Waals surface area contributed by atoms with Crippen LogP contribution in [0.2, 0.25) is 0 Å². The fourth-order valence-electron chi connectivity index (χ4n) is 2.14. The van der Waals surface area contributed by atoms with Gasteiger partial charge in [0.1, 0.15) is 4.21 Å². The van der Waals surface area contributed by atoms with E-state index in [1.807, 2.05) is 0 Å².